The Labute approximate surface area is 118 Å². The number of aliphatic hydroxyl groups excluding tert-OH is 1. The first-order valence-electron chi connectivity index (χ1n) is 6.83. The van der Waals surface area contributed by atoms with Gasteiger partial charge < -0.3 is 15.3 Å². The van der Waals surface area contributed by atoms with Crippen LogP contribution in [0.25, 0.3) is 0 Å². The van der Waals surface area contributed by atoms with Gasteiger partial charge in [-0.15, -0.1) is 0 Å². The molecule has 0 atom stereocenters. The van der Waals surface area contributed by atoms with Crippen LogP contribution in [0.4, 0.5) is 5.69 Å². The van der Waals surface area contributed by atoms with E-state index in [1.807, 2.05) is 26.0 Å². The molecule has 1 aromatic rings. The molecule has 1 fully saturated rings. The van der Waals surface area contributed by atoms with Crippen LogP contribution in [0, 0.1) is 13.8 Å². The number of anilines is 1. The maximum atomic E-state index is 12.0. The number of nitrogens with zero attached hydrogens (tertiary/aromatic N) is 1. The second-order valence-electron chi connectivity index (χ2n) is 5.28. The number of carbonyl (C=O) groups is 2. The number of piperidine rings is 1. The van der Waals surface area contributed by atoms with Gasteiger partial charge in [0.25, 0.3) is 0 Å². The zero-order valence-corrected chi connectivity index (χ0v) is 11.8. The summed E-state index contributed by atoms with van der Waals surface area (Å²) in [7, 11) is 0. The minimum atomic E-state index is -0.621. The molecule has 1 aliphatic heterocycles. The number of aliphatic hydroxyl groups is 1. The Morgan fingerprint density at radius 3 is 2.45 bits per heavy atom. The van der Waals surface area contributed by atoms with Crippen molar-refractivity contribution in [1.82, 2.24) is 4.90 Å². The predicted molar refractivity (Wildman–Crippen MR) is 76.4 cm³/mol. The topological polar surface area (TPSA) is 69.6 Å². The van der Waals surface area contributed by atoms with Gasteiger partial charge in [0.15, 0.2) is 0 Å². The summed E-state index contributed by atoms with van der Waals surface area (Å²) in [6.45, 7) is 4.81. The van der Waals surface area contributed by atoms with E-state index in [-0.39, 0.29) is 6.10 Å². The fourth-order valence-electron chi connectivity index (χ4n) is 2.22. The Hall–Kier alpha value is -1.88. The standard InChI is InChI=1S/C15H20N2O3/c1-10-3-4-12(9-11(10)2)16-14(19)15(20)17-7-5-13(18)6-8-17/h3-4,9,13,18H,5-8H2,1-2H3,(H,16,19). The number of hydrogen-bond acceptors (Lipinski definition) is 3. The van der Waals surface area contributed by atoms with E-state index in [0.29, 0.717) is 31.6 Å². The van der Waals surface area contributed by atoms with Crippen molar-refractivity contribution in [3.05, 3.63) is 29.3 Å². The zero-order chi connectivity index (χ0) is 14.7. The summed E-state index contributed by atoms with van der Waals surface area (Å²) >= 11 is 0. The SMILES string of the molecule is Cc1ccc(NC(=O)C(=O)N2CCC(O)CC2)cc1C. The maximum Gasteiger partial charge on any atom is 0.313 e. The van der Waals surface area contributed by atoms with E-state index < -0.39 is 11.8 Å². The molecule has 0 aliphatic carbocycles. The molecule has 1 aromatic carbocycles. The van der Waals surface area contributed by atoms with Crippen LogP contribution in [0.2, 0.25) is 0 Å². The third-order valence-electron chi connectivity index (χ3n) is 3.71. The number of benzene rings is 1. The third kappa shape index (κ3) is 3.36. The number of likely N-dealkylation sites (tertiary alicyclic amines) is 1. The molecule has 0 radical (unpaired) electrons. The average Bonchev–Trinajstić information content (AvgIpc) is 2.43. The lowest BCUT2D eigenvalue weighted by molar-refractivity contribution is -0.144. The van der Waals surface area contributed by atoms with Gasteiger partial charge in [-0.1, -0.05) is 6.07 Å². The Balaban J connectivity index is 1.97. The van der Waals surface area contributed by atoms with Gasteiger partial charge in [-0.3, -0.25) is 9.59 Å². The molecule has 2 rings (SSSR count). The van der Waals surface area contributed by atoms with E-state index >= 15 is 0 Å². The number of rotatable bonds is 1. The highest BCUT2D eigenvalue weighted by Crippen LogP contribution is 2.15. The second-order valence-corrected chi connectivity index (χ2v) is 5.28. The Bertz CT molecular complexity index is 520. The first-order valence-corrected chi connectivity index (χ1v) is 6.83. The summed E-state index contributed by atoms with van der Waals surface area (Å²) in [4.78, 5) is 25.4. The van der Waals surface area contributed by atoms with Crippen molar-refractivity contribution < 1.29 is 14.7 Å². The Morgan fingerprint density at radius 1 is 1.20 bits per heavy atom. The summed E-state index contributed by atoms with van der Waals surface area (Å²) < 4.78 is 0. The fraction of sp³-hybridized carbons (Fsp3) is 0.467. The number of nitrogens with one attached hydrogen (secondary N) is 1. The highest BCUT2D eigenvalue weighted by Gasteiger charge is 2.26. The van der Waals surface area contributed by atoms with Crippen molar-refractivity contribution in [2.24, 2.45) is 0 Å². The van der Waals surface area contributed by atoms with E-state index in [1.165, 1.54) is 4.90 Å². The molecule has 0 spiro atoms. The van der Waals surface area contributed by atoms with Gasteiger partial charge in [0.05, 0.1) is 6.10 Å². The monoisotopic (exact) mass is 276 g/mol. The molecule has 1 aliphatic rings. The van der Waals surface area contributed by atoms with Gasteiger partial charge >= 0.3 is 11.8 Å². The molecule has 0 unspecified atom stereocenters. The quantitative estimate of drug-likeness (QED) is 0.758. The summed E-state index contributed by atoms with van der Waals surface area (Å²) in [5, 5.41) is 12.0. The van der Waals surface area contributed by atoms with Crippen LogP contribution in [0.15, 0.2) is 18.2 Å². The largest absolute Gasteiger partial charge is 0.393 e. The van der Waals surface area contributed by atoms with Crippen molar-refractivity contribution in [3.63, 3.8) is 0 Å². The van der Waals surface area contributed by atoms with Gasteiger partial charge in [0, 0.05) is 18.8 Å². The van der Waals surface area contributed by atoms with Crippen molar-refractivity contribution in [2.45, 2.75) is 32.8 Å². The van der Waals surface area contributed by atoms with Gasteiger partial charge in [-0.25, -0.2) is 0 Å². The molecule has 2 N–H and O–H groups in total. The normalized spacial score (nSPS) is 16.1. The Morgan fingerprint density at radius 2 is 1.85 bits per heavy atom. The van der Waals surface area contributed by atoms with E-state index in [2.05, 4.69) is 5.32 Å². The van der Waals surface area contributed by atoms with Crippen LogP contribution in [-0.2, 0) is 9.59 Å². The number of aryl methyl sites for hydroxylation is 2. The van der Waals surface area contributed by atoms with E-state index in [4.69, 9.17) is 0 Å². The van der Waals surface area contributed by atoms with Crippen LogP contribution in [0.3, 0.4) is 0 Å². The molecule has 1 saturated heterocycles. The number of hydrogen-bond donors (Lipinski definition) is 2. The van der Waals surface area contributed by atoms with Crippen molar-refractivity contribution in [1.29, 1.82) is 0 Å². The predicted octanol–water partition coefficient (Wildman–Crippen LogP) is 1.23. The summed E-state index contributed by atoms with van der Waals surface area (Å²) in [6.07, 6.45) is 0.701. The highest BCUT2D eigenvalue weighted by atomic mass is 16.3. The van der Waals surface area contributed by atoms with Crippen LogP contribution >= 0.6 is 0 Å². The van der Waals surface area contributed by atoms with Gasteiger partial charge in [-0.2, -0.15) is 0 Å². The van der Waals surface area contributed by atoms with Gasteiger partial charge in [-0.05, 0) is 49.9 Å². The minimum absolute atomic E-state index is 0.359. The number of carbonyl (C=O) groups excluding carboxylic acids is 2. The molecular weight excluding hydrogens is 256 g/mol. The third-order valence-corrected chi connectivity index (χ3v) is 3.71. The van der Waals surface area contributed by atoms with Crippen LogP contribution < -0.4 is 5.32 Å². The van der Waals surface area contributed by atoms with E-state index in [9.17, 15) is 14.7 Å². The lowest BCUT2D eigenvalue weighted by Crippen LogP contribution is -2.45. The molecule has 108 valence electrons. The average molecular weight is 276 g/mol. The molecule has 5 nitrogen and oxygen atoms in total. The highest BCUT2D eigenvalue weighted by molar-refractivity contribution is 6.39. The molecule has 0 aromatic heterocycles. The molecule has 2 amide bonds. The minimum Gasteiger partial charge on any atom is -0.393 e. The van der Waals surface area contributed by atoms with Gasteiger partial charge in [0.2, 0.25) is 0 Å². The Kier molecular flexibility index (Phi) is 4.39. The summed E-state index contributed by atoms with van der Waals surface area (Å²) in [6, 6.07) is 5.54. The molecule has 5 heteroatoms. The van der Waals surface area contributed by atoms with Crippen LogP contribution in [0.5, 0.6) is 0 Å². The van der Waals surface area contributed by atoms with E-state index in [1.54, 1.807) is 6.07 Å². The molecular formula is C15H20N2O3. The molecule has 0 bridgehead atoms. The lowest BCUT2D eigenvalue weighted by atomic mass is 10.1. The first kappa shape index (κ1) is 14.5. The molecule has 20 heavy (non-hydrogen) atoms. The van der Waals surface area contributed by atoms with Crippen molar-refractivity contribution in [3.8, 4) is 0 Å². The maximum absolute atomic E-state index is 12.0. The van der Waals surface area contributed by atoms with E-state index in [0.717, 1.165) is 11.1 Å². The smallest absolute Gasteiger partial charge is 0.313 e. The summed E-state index contributed by atoms with van der Waals surface area (Å²) in [5.41, 5.74) is 2.83. The van der Waals surface area contributed by atoms with Crippen LogP contribution in [0.1, 0.15) is 24.0 Å². The molecule has 0 saturated carbocycles. The fourth-order valence-corrected chi connectivity index (χ4v) is 2.22. The van der Waals surface area contributed by atoms with Crippen LogP contribution in [-0.4, -0.2) is 41.0 Å². The number of amides is 2. The van der Waals surface area contributed by atoms with Gasteiger partial charge in [0.1, 0.15) is 0 Å². The first-order chi connectivity index (χ1) is 9.47. The summed E-state index contributed by atoms with van der Waals surface area (Å²) in [5.74, 6) is -1.15. The second kappa shape index (κ2) is 6.05. The molecule has 1 heterocycles. The lowest BCUT2D eigenvalue weighted by Gasteiger charge is -2.28. The van der Waals surface area contributed by atoms with Crippen molar-refractivity contribution >= 4 is 17.5 Å². The zero-order valence-electron chi connectivity index (χ0n) is 11.8. The van der Waals surface area contributed by atoms with Crippen molar-refractivity contribution in [2.75, 3.05) is 18.4 Å².